The monoisotopic (exact) mass is 476 g/mol. The molecule has 0 bridgehead atoms. The Balaban J connectivity index is 0.000000182. The highest BCUT2D eigenvalue weighted by Gasteiger charge is 2.69. The molecule has 2 aromatic rings. The summed E-state index contributed by atoms with van der Waals surface area (Å²) >= 11 is 0. The number of benzene rings is 2. The fourth-order valence-electron chi connectivity index (χ4n) is 3.42. The van der Waals surface area contributed by atoms with Crippen LogP contribution in [-0.2, 0) is 11.8 Å². The van der Waals surface area contributed by atoms with Crippen LogP contribution in [0.5, 0.6) is 0 Å². The maximum Gasteiger partial charge on any atom is 0.343 e. The van der Waals surface area contributed by atoms with Gasteiger partial charge in [-0.2, -0.15) is 35.1 Å². The first-order chi connectivity index (χ1) is 14.5. The Morgan fingerprint density at radius 3 is 1.81 bits per heavy atom. The quantitative estimate of drug-likeness (QED) is 0.450. The zero-order chi connectivity index (χ0) is 24.4. The first-order valence-corrected chi connectivity index (χ1v) is 8.48. The SMILES string of the molecule is O=Cc1c(F)ccc2c1C(O)C(F)(F)C2(F)F.OC1c2cc(F)ccc2C(F)(F)C1(F)F. The van der Waals surface area contributed by atoms with Gasteiger partial charge in [-0.3, -0.25) is 4.79 Å². The molecule has 13 heteroatoms. The number of fused-ring (bicyclic) bond motifs is 2. The molecule has 2 atom stereocenters. The van der Waals surface area contributed by atoms with E-state index < -0.39 is 75.3 Å². The summed E-state index contributed by atoms with van der Waals surface area (Å²) in [5, 5.41) is 18.1. The second-order valence-electron chi connectivity index (χ2n) is 6.97. The fraction of sp³-hybridized carbons (Fsp3) is 0.316. The van der Waals surface area contributed by atoms with Crippen molar-refractivity contribution in [3.8, 4) is 0 Å². The van der Waals surface area contributed by atoms with Gasteiger partial charge in [0, 0.05) is 16.7 Å². The van der Waals surface area contributed by atoms with E-state index in [4.69, 9.17) is 10.2 Å². The number of aldehydes is 1. The average molecular weight is 476 g/mol. The average Bonchev–Trinajstić information content (AvgIpc) is 2.92. The summed E-state index contributed by atoms with van der Waals surface area (Å²) in [6.07, 6.45) is -5.74. The Hall–Kier alpha value is -2.67. The zero-order valence-electron chi connectivity index (χ0n) is 15.2. The number of halogens is 10. The first-order valence-electron chi connectivity index (χ1n) is 8.48. The second-order valence-corrected chi connectivity index (χ2v) is 6.97. The molecule has 2 aliphatic carbocycles. The second kappa shape index (κ2) is 7.17. The van der Waals surface area contributed by atoms with E-state index in [9.17, 15) is 48.7 Å². The fourth-order valence-corrected chi connectivity index (χ4v) is 3.42. The van der Waals surface area contributed by atoms with Gasteiger partial charge in [-0.15, -0.1) is 0 Å². The van der Waals surface area contributed by atoms with Crippen LogP contribution in [0.1, 0.15) is 44.8 Å². The lowest BCUT2D eigenvalue weighted by molar-refractivity contribution is -0.246. The molecule has 0 spiro atoms. The molecular formula is C19H10F10O3. The number of hydrogen-bond donors (Lipinski definition) is 2. The van der Waals surface area contributed by atoms with Crippen molar-refractivity contribution in [2.45, 2.75) is 35.9 Å². The standard InChI is InChI=1S/C10H5F5O2.C9H5F5O/c11-6-2-1-5-7(4(6)3-16)8(17)10(14,15)9(5,12)13;10-4-1-2-6-5(3-4)7(15)9(13,14)8(6,11)12/h1-3,8,17H;1-3,7,15H. The van der Waals surface area contributed by atoms with Crippen LogP contribution in [-0.4, -0.2) is 28.3 Å². The molecular weight excluding hydrogens is 466 g/mol. The van der Waals surface area contributed by atoms with Gasteiger partial charge in [0.15, 0.2) is 12.4 Å². The van der Waals surface area contributed by atoms with Crippen molar-refractivity contribution < 1.29 is 58.9 Å². The lowest BCUT2D eigenvalue weighted by Crippen LogP contribution is -2.36. The third kappa shape index (κ3) is 3.01. The molecule has 2 aromatic carbocycles. The van der Waals surface area contributed by atoms with E-state index in [1.165, 1.54) is 0 Å². The number of rotatable bonds is 1. The predicted molar refractivity (Wildman–Crippen MR) is 85.8 cm³/mol. The zero-order valence-corrected chi connectivity index (χ0v) is 15.2. The molecule has 2 unspecified atom stereocenters. The molecule has 2 aliphatic rings. The molecule has 0 heterocycles. The summed E-state index contributed by atoms with van der Waals surface area (Å²) in [4.78, 5) is 10.5. The van der Waals surface area contributed by atoms with Crippen LogP contribution >= 0.6 is 0 Å². The van der Waals surface area contributed by atoms with E-state index in [1.54, 1.807) is 0 Å². The van der Waals surface area contributed by atoms with E-state index in [1.807, 2.05) is 0 Å². The van der Waals surface area contributed by atoms with Gasteiger partial charge in [0.25, 0.3) is 0 Å². The normalized spacial score (nSPS) is 25.4. The van der Waals surface area contributed by atoms with Crippen molar-refractivity contribution in [1.29, 1.82) is 0 Å². The minimum Gasteiger partial charge on any atom is -0.382 e. The van der Waals surface area contributed by atoms with Gasteiger partial charge >= 0.3 is 23.7 Å². The lowest BCUT2D eigenvalue weighted by Gasteiger charge is -2.21. The molecule has 32 heavy (non-hydrogen) atoms. The molecule has 0 fully saturated rings. The molecule has 0 saturated carbocycles. The molecule has 174 valence electrons. The summed E-state index contributed by atoms with van der Waals surface area (Å²) in [7, 11) is 0. The van der Waals surface area contributed by atoms with Crippen molar-refractivity contribution in [2.24, 2.45) is 0 Å². The van der Waals surface area contributed by atoms with Gasteiger partial charge in [0.2, 0.25) is 0 Å². The highest BCUT2D eigenvalue weighted by Crippen LogP contribution is 2.58. The van der Waals surface area contributed by atoms with Crippen molar-refractivity contribution in [3.05, 3.63) is 69.8 Å². The summed E-state index contributed by atoms with van der Waals surface area (Å²) in [6.45, 7) is 0. The number of alkyl halides is 8. The van der Waals surface area contributed by atoms with Crippen LogP contribution in [0.4, 0.5) is 43.9 Å². The van der Waals surface area contributed by atoms with Crippen LogP contribution in [0.3, 0.4) is 0 Å². The van der Waals surface area contributed by atoms with Gasteiger partial charge in [-0.05, 0) is 35.9 Å². The molecule has 0 aromatic heterocycles. The van der Waals surface area contributed by atoms with Gasteiger partial charge in [0.1, 0.15) is 17.7 Å². The maximum atomic E-state index is 13.3. The van der Waals surface area contributed by atoms with Gasteiger partial charge in [0.05, 0.1) is 5.56 Å². The first kappa shape index (κ1) is 24.0. The summed E-state index contributed by atoms with van der Waals surface area (Å²) in [5.74, 6) is -20.6. The number of hydrogen-bond acceptors (Lipinski definition) is 3. The van der Waals surface area contributed by atoms with E-state index in [0.29, 0.717) is 30.3 Å². The number of aliphatic hydroxyl groups is 2. The number of aliphatic hydroxyl groups excluding tert-OH is 2. The molecule has 0 amide bonds. The van der Waals surface area contributed by atoms with Gasteiger partial charge in [-0.1, -0.05) is 0 Å². The third-order valence-electron chi connectivity index (χ3n) is 5.13. The van der Waals surface area contributed by atoms with Crippen LogP contribution in [0, 0.1) is 11.6 Å². The van der Waals surface area contributed by atoms with Crippen LogP contribution in [0.25, 0.3) is 0 Å². The van der Waals surface area contributed by atoms with Crippen LogP contribution in [0.15, 0.2) is 30.3 Å². The Labute approximate surface area is 171 Å². The topological polar surface area (TPSA) is 57.5 Å². The van der Waals surface area contributed by atoms with E-state index in [0.717, 1.165) is 0 Å². The summed E-state index contributed by atoms with van der Waals surface area (Å²) < 4.78 is 130. The van der Waals surface area contributed by atoms with Crippen molar-refractivity contribution >= 4 is 6.29 Å². The molecule has 0 radical (unpaired) electrons. The van der Waals surface area contributed by atoms with Crippen LogP contribution in [0.2, 0.25) is 0 Å². The molecule has 4 rings (SSSR count). The smallest absolute Gasteiger partial charge is 0.343 e. The Morgan fingerprint density at radius 2 is 1.25 bits per heavy atom. The maximum absolute atomic E-state index is 13.3. The minimum atomic E-state index is -4.76. The van der Waals surface area contributed by atoms with E-state index in [-0.39, 0.29) is 6.29 Å². The van der Waals surface area contributed by atoms with Crippen molar-refractivity contribution in [2.75, 3.05) is 0 Å². The summed E-state index contributed by atoms with van der Waals surface area (Å²) in [5.41, 5.74) is -5.02. The van der Waals surface area contributed by atoms with Crippen LogP contribution < -0.4 is 0 Å². The highest BCUT2D eigenvalue weighted by atomic mass is 19.3. The molecule has 2 N–H and O–H groups in total. The van der Waals surface area contributed by atoms with Crippen molar-refractivity contribution in [3.63, 3.8) is 0 Å². The van der Waals surface area contributed by atoms with Crippen molar-refractivity contribution in [1.82, 2.24) is 0 Å². The molecule has 0 aliphatic heterocycles. The Kier molecular flexibility index (Phi) is 5.37. The largest absolute Gasteiger partial charge is 0.382 e. The van der Waals surface area contributed by atoms with E-state index >= 15 is 0 Å². The van der Waals surface area contributed by atoms with Gasteiger partial charge < -0.3 is 10.2 Å². The Bertz CT molecular complexity index is 1080. The number of carbonyl (C=O) groups excluding carboxylic acids is 1. The number of carbonyl (C=O) groups is 1. The minimum absolute atomic E-state index is 0.172. The predicted octanol–water partition coefficient (Wildman–Crippen LogP) is 5.01. The highest BCUT2D eigenvalue weighted by molar-refractivity contribution is 5.79. The summed E-state index contributed by atoms with van der Waals surface area (Å²) in [6, 6.07) is 2.65. The van der Waals surface area contributed by atoms with Gasteiger partial charge in [-0.25, -0.2) is 8.78 Å². The lowest BCUT2D eigenvalue weighted by atomic mass is 10.0. The van der Waals surface area contributed by atoms with E-state index in [2.05, 4.69) is 0 Å². The third-order valence-corrected chi connectivity index (χ3v) is 5.13. The Morgan fingerprint density at radius 1 is 0.750 bits per heavy atom. The molecule has 3 nitrogen and oxygen atoms in total. The molecule has 0 saturated heterocycles.